The predicted molar refractivity (Wildman–Crippen MR) is 72.4 cm³/mol. The summed E-state index contributed by atoms with van der Waals surface area (Å²) >= 11 is 0. The molecule has 0 saturated carbocycles. The minimum Gasteiger partial charge on any atom is -0.396 e. The van der Waals surface area contributed by atoms with Crippen molar-refractivity contribution in [1.82, 2.24) is 0 Å². The summed E-state index contributed by atoms with van der Waals surface area (Å²) in [5.41, 5.74) is 7.87. The molecule has 1 aromatic carbocycles. The molecular weight excluding hydrogens is 226 g/mol. The molecule has 4 heteroatoms. The van der Waals surface area contributed by atoms with Crippen molar-refractivity contribution in [3.8, 4) is 6.07 Å². The van der Waals surface area contributed by atoms with Gasteiger partial charge in [0.1, 0.15) is 6.07 Å². The van der Waals surface area contributed by atoms with Crippen LogP contribution in [-0.4, -0.2) is 24.8 Å². The van der Waals surface area contributed by atoms with Crippen molar-refractivity contribution in [3.63, 3.8) is 0 Å². The average Bonchev–Trinajstić information content (AvgIpc) is 2.26. The van der Waals surface area contributed by atoms with Crippen molar-refractivity contribution >= 4 is 11.4 Å². The number of benzene rings is 1. The quantitative estimate of drug-likeness (QED) is 0.770. The summed E-state index contributed by atoms with van der Waals surface area (Å²) in [5, 5.41) is 9.02. The smallest absolute Gasteiger partial charge is 0.101 e. The molecule has 2 rings (SSSR count). The molecule has 1 aliphatic rings. The molecule has 1 unspecified atom stereocenters. The van der Waals surface area contributed by atoms with E-state index in [1.54, 1.807) is 6.07 Å². The monoisotopic (exact) mass is 245 g/mol. The first-order chi connectivity index (χ1) is 8.43. The van der Waals surface area contributed by atoms with Gasteiger partial charge in [0.05, 0.1) is 28.6 Å². The van der Waals surface area contributed by atoms with Crippen LogP contribution in [0.2, 0.25) is 0 Å². The van der Waals surface area contributed by atoms with Gasteiger partial charge in [-0.3, -0.25) is 0 Å². The van der Waals surface area contributed by atoms with Gasteiger partial charge in [0.15, 0.2) is 0 Å². The van der Waals surface area contributed by atoms with Crippen LogP contribution < -0.4 is 10.6 Å². The van der Waals surface area contributed by atoms with Crippen LogP contribution in [0, 0.1) is 11.3 Å². The molecule has 0 bridgehead atoms. The van der Waals surface area contributed by atoms with E-state index >= 15 is 0 Å². The zero-order chi connectivity index (χ0) is 13.3. The van der Waals surface area contributed by atoms with Crippen molar-refractivity contribution in [2.75, 3.05) is 23.7 Å². The molecule has 1 heterocycles. The number of rotatable bonds is 1. The summed E-state index contributed by atoms with van der Waals surface area (Å²) in [4.78, 5) is 2.20. The Morgan fingerprint density at radius 2 is 2.22 bits per heavy atom. The molecule has 18 heavy (non-hydrogen) atoms. The standard InChI is InChI=1S/C14H19N3O/c1-10-8-17(9-14(2,3)18-10)12-6-4-5-11(7-15)13(12)16/h4-6,10H,8-9,16H2,1-3H3. The minimum absolute atomic E-state index is 0.152. The molecule has 1 aliphatic heterocycles. The molecule has 0 aliphatic carbocycles. The second-order valence-corrected chi connectivity index (χ2v) is 5.42. The number of nitrogens with zero attached hydrogens (tertiary/aromatic N) is 2. The Morgan fingerprint density at radius 1 is 1.50 bits per heavy atom. The number of anilines is 2. The lowest BCUT2D eigenvalue weighted by Crippen LogP contribution is -2.52. The maximum absolute atomic E-state index is 9.02. The second-order valence-electron chi connectivity index (χ2n) is 5.42. The van der Waals surface area contributed by atoms with Crippen LogP contribution >= 0.6 is 0 Å². The summed E-state index contributed by atoms with van der Waals surface area (Å²) in [7, 11) is 0. The molecule has 0 amide bonds. The highest BCUT2D eigenvalue weighted by Crippen LogP contribution is 2.31. The van der Waals surface area contributed by atoms with Crippen molar-refractivity contribution in [2.45, 2.75) is 32.5 Å². The highest BCUT2D eigenvalue weighted by Gasteiger charge is 2.32. The van der Waals surface area contributed by atoms with Gasteiger partial charge in [-0.05, 0) is 32.9 Å². The molecule has 1 atom stereocenters. The van der Waals surface area contributed by atoms with Gasteiger partial charge in [0.25, 0.3) is 0 Å². The van der Waals surface area contributed by atoms with Crippen LogP contribution in [-0.2, 0) is 4.74 Å². The van der Waals surface area contributed by atoms with Crippen LogP contribution in [0.4, 0.5) is 11.4 Å². The van der Waals surface area contributed by atoms with Gasteiger partial charge < -0.3 is 15.4 Å². The lowest BCUT2D eigenvalue weighted by molar-refractivity contribution is -0.0749. The van der Waals surface area contributed by atoms with Gasteiger partial charge in [-0.2, -0.15) is 5.26 Å². The van der Waals surface area contributed by atoms with E-state index in [0.29, 0.717) is 11.3 Å². The topological polar surface area (TPSA) is 62.3 Å². The fourth-order valence-corrected chi connectivity index (χ4v) is 2.56. The molecule has 0 radical (unpaired) electrons. The van der Waals surface area contributed by atoms with Crippen molar-refractivity contribution in [3.05, 3.63) is 23.8 Å². The summed E-state index contributed by atoms with van der Waals surface area (Å²) in [6.07, 6.45) is 0.152. The molecule has 4 nitrogen and oxygen atoms in total. The predicted octanol–water partition coefficient (Wildman–Crippen LogP) is 2.14. The lowest BCUT2D eigenvalue weighted by Gasteiger charge is -2.43. The summed E-state index contributed by atoms with van der Waals surface area (Å²) < 4.78 is 5.87. The number of nitrogen functional groups attached to an aromatic ring is 1. The van der Waals surface area contributed by atoms with Gasteiger partial charge in [0.2, 0.25) is 0 Å². The molecule has 1 fully saturated rings. The zero-order valence-electron chi connectivity index (χ0n) is 11.1. The number of morpholine rings is 1. The van der Waals surface area contributed by atoms with E-state index in [9.17, 15) is 0 Å². The highest BCUT2D eigenvalue weighted by molar-refractivity contribution is 5.74. The van der Waals surface area contributed by atoms with Crippen molar-refractivity contribution in [2.24, 2.45) is 0 Å². The highest BCUT2D eigenvalue weighted by atomic mass is 16.5. The van der Waals surface area contributed by atoms with Crippen LogP contribution in [0.15, 0.2) is 18.2 Å². The summed E-state index contributed by atoms with van der Waals surface area (Å²) in [6, 6.07) is 7.70. The molecule has 2 N–H and O–H groups in total. The van der Waals surface area contributed by atoms with Crippen LogP contribution in [0.25, 0.3) is 0 Å². The van der Waals surface area contributed by atoms with E-state index in [-0.39, 0.29) is 11.7 Å². The van der Waals surface area contributed by atoms with Crippen molar-refractivity contribution in [1.29, 1.82) is 5.26 Å². The van der Waals surface area contributed by atoms with Gasteiger partial charge in [-0.1, -0.05) is 6.07 Å². The fraction of sp³-hybridized carbons (Fsp3) is 0.500. The Labute approximate surface area is 108 Å². The molecule has 96 valence electrons. The number of hydrogen-bond donors (Lipinski definition) is 1. The van der Waals surface area contributed by atoms with Gasteiger partial charge in [-0.15, -0.1) is 0 Å². The Hall–Kier alpha value is -1.73. The normalized spacial score (nSPS) is 22.6. The van der Waals surface area contributed by atoms with E-state index in [4.69, 9.17) is 15.7 Å². The van der Waals surface area contributed by atoms with E-state index in [2.05, 4.69) is 31.7 Å². The first-order valence-electron chi connectivity index (χ1n) is 6.14. The Balaban J connectivity index is 2.35. The van der Waals surface area contributed by atoms with Gasteiger partial charge in [0, 0.05) is 13.1 Å². The molecule has 1 saturated heterocycles. The maximum Gasteiger partial charge on any atom is 0.101 e. The zero-order valence-corrected chi connectivity index (χ0v) is 11.1. The molecule has 1 aromatic rings. The third kappa shape index (κ3) is 2.41. The second kappa shape index (κ2) is 4.51. The van der Waals surface area contributed by atoms with Gasteiger partial charge >= 0.3 is 0 Å². The minimum atomic E-state index is -0.202. The SMILES string of the molecule is CC1CN(c2cccc(C#N)c2N)CC(C)(C)O1. The Kier molecular flexibility index (Phi) is 3.18. The molecule has 0 spiro atoms. The average molecular weight is 245 g/mol. The van der Waals surface area contributed by atoms with E-state index in [1.165, 1.54) is 0 Å². The fourth-order valence-electron chi connectivity index (χ4n) is 2.56. The first-order valence-corrected chi connectivity index (χ1v) is 6.14. The third-order valence-electron chi connectivity index (χ3n) is 3.11. The number of nitrogens with two attached hydrogens (primary N) is 1. The first kappa shape index (κ1) is 12.7. The number of hydrogen-bond acceptors (Lipinski definition) is 4. The summed E-state index contributed by atoms with van der Waals surface area (Å²) in [6.45, 7) is 7.76. The van der Waals surface area contributed by atoms with Crippen LogP contribution in [0.1, 0.15) is 26.3 Å². The van der Waals surface area contributed by atoms with Crippen molar-refractivity contribution < 1.29 is 4.74 Å². The Bertz CT molecular complexity index is 490. The maximum atomic E-state index is 9.02. The Morgan fingerprint density at radius 3 is 2.83 bits per heavy atom. The number of nitriles is 1. The van der Waals surface area contributed by atoms with Crippen LogP contribution in [0.3, 0.4) is 0 Å². The lowest BCUT2D eigenvalue weighted by atomic mass is 10.0. The van der Waals surface area contributed by atoms with E-state index in [0.717, 1.165) is 18.8 Å². The molecular formula is C14H19N3O. The van der Waals surface area contributed by atoms with Gasteiger partial charge in [-0.25, -0.2) is 0 Å². The number of para-hydroxylation sites is 1. The van der Waals surface area contributed by atoms with Crippen LogP contribution in [0.5, 0.6) is 0 Å². The largest absolute Gasteiger partial charge is 0.396 e. The summed E-state index contributed by atoms with van der Waals surface area (Å²) in [5.74, 6) is 0. The van der Waals surface area contributed by atoms with E-state index in [1.807, 2.05) is 12.1 Å². The third-order valence-corrected chi connectivity index (χ3v) is 3.11. The van der Waals surface area contributed by atoms with E-state index < -0.39 is 0 Å². The number of ether oxygens (including phenoxy) is 1. The molecule has 0 aromatic heterocycles.